The van der Waals surface area contributed by atoms with E-state index >= 15 is 0 Å². The molecule has 19 heavy (non-hydrogen) atoms. The second-order valence-corrected chi connectivity index (χ2v) is 6.33. The Morgan fingerprint density at radius 3 is 2.89 bits per heavy atom. The Balaban J connectivity index is 2.05. The van der Waals surface area contributed by atoms with Gasteiger partial charge < -0.3 is 0 Å². The van der Waals surface area contributed by atoms with Crippen molar-refractivity contribution in [3.05, 3.63) is 34.1 Å². The number of nitrogens with one attached hydrogen (secondary N) is 1. The zero-order chi connectivity index (χ0) is 13.8. The molecule has 4 heteroatoms. The minimum absolute atomic E-state index is 0.203. The lowest BCUT2D eigenvalue weighted by Crippen LogP contribution is -2.41. The first kappa shape index (κ1) is 14.9. The molecule has 2 rings (SSSR count). The van der Waals surface area contributed by atoms with E-state index in [0.717, 1.165) is 17.9 Å². The Morgan fingerprint density at radius 1 is 1.47 bits per heavy atom. The van der Waals surface area contributed by atoms with Gasteiger partial charge in [-0.2, -0.15) is 0 Å². The van der Waals surface area contributed by atoms with E-state index in [0.29, 0.717) is 10.4 Å². The van der Waals surface area contributed by atoms with Crippen LogP contribution >= 0.6 is 15.9 Å². The van der Waals surface area contributed by atoms with Gasteiger partial charge in [-0.15, -0.1) is 0 Å². The number of benzene rings is 1. The van der Waals surface area contributed by atoms with Gasteiger partial charge in [0.1, 0.15) is 5.82 Å². The van der Waals surface area contributed by atoms with E-state index in [1.807, 2.05) is 6.07 Å². The summed E-state index contributed by atoms with van der Waals surface area (Å²) in [5.74, 6) is 6.95. The fraction of sp³-hybridized carbons (Fsp3) is 0.600. The van der Waals surface area contributed by atoms with Crippen molar-refractivity contribution in [3.8, 4) is 0 Å². The third-order valence-corrected chi connectivity index (χ3v) is 5.30. The molecule has 3 unspecified atom stereocenters. The summed E-state index contributed by atoms with van der Waals surface area (Å²) in [6.45, 7) is 2.25. The molecule has 1 saturated carbocycles. The minimum atomic E-state index is -0.203. The molecule has 106 valence electrons. The average Bonchev–Trinajstić information content (AvgIpc) is 2.89. The standard InChI is InChI=1S/C15H22BrFN2/c1-2-10-6-7-11(8-10)14(19-18)9-12-4-3-5-13(17)15(12)16/h3-5,10-11,14,19H,2,6-9,18H2,1H3. The number of hydrazine groups is 1. The quantitative estimate of drug-likeness (QED) is 0.637. The maximum absolute atomic E-state index is 13.5. The first-order chi connectivity index (χ1) is 9.15. The normalized spacial score (nSPS) is 24.6. The highest BCUT2D eigenvalue weighted by molar-refractivity contribution is 9.10. The zero-order valence-electron chi connectivity index (χ0n) is 11.3. The average molecular weight is 329 g/mol. The first-order valence-corrected chi connectivity index (χ1v) is 7.84. The van der Waals surface area contributed by atoms with Gasteiger partial charge in [0.25, 0.3) is 0 Å². The van der Waals surface area contributed by atoms with Crippen LogP contribution in [0.2, 0.25) is 0 Å². The number of hydrogen-bond donors (Lipinski definition) is 2. The van der Waals surface area contributed by atoms with E-state index in [1.165, 1.54) is 31.7 Å². The van der Waals surface area contributed by atoms with Gasteiger partial charge in [0.15, 0.2) is 0 Å². The molecule has 0 aromatic heterocycles. The van der Waals surface area contributed by atoms with Crippen molar-refractivity contribution in [2.45, 2.75) is 45.1 Å². The lowest BCUT2D eigenvalue weighted by Gasteiger charge is -2.23. The van der Waals surface area contributed by atoms with E-state index in [2.05, 4.69) is 28.3 Å². The third kappa shape index (κ3) is 3.56. The Morgan fingerprint density at radius 2 is 2.26 bits per heavy atom. The summed E-state index contributed by atoms with van der Waals surface area (Å²) in [6.07, 6.45) is 5.77. The summed E-state index contributed by atoms with van der Waals surface area (Å²) in [5.41, 5.74) is 3.93. The highest BCUT2D eigenvalue weighted by atomic mass is 79.9. The molecule has 0 saturated heterocycles. The van der Waals surface area contributed by atoms with Crippen LogP contribution in [0.25, 0.3) is 0 Å². The molecule has 1 aliphatic rings. The lowest BCUT2D eigenvalue weighted by molar-refractivity contribution is 0.347. The second kappa shape index (κ2) is 6.82. The van der Waals surface area contributed by atoms with Crippen LogP contribution in [0.5, 0.6) is 0 Å². The van der Waals surface area contributed by atoms with Gasteiger partial charge in [-0.1, -0.05) is 31.9 Å². The molecule has 0 amide bonds. The predicted octanol–water partition coefficient (Wildman–Crippen LogP) is 3.79. The van der Waals surface area contributed by atoms with Gasteiger partial charge in [0.05, 0.1) is 4.47 Å². The Bertz CT molecular complexity index is 425. The predicted molar refractivity (Wildman–Crippen MR) is 80.0 cm³/mol. The van der Waals surface area contributed by atoms with E-state index in [-0.39, 0.29) is 11.9 Å². The molecule has 3 N–H and O–H groups in total. The van der Waals surface area contributed by atoms with Crippen molar-refractivity contribution in [2.75, 3.05) is 0 Å². The van der Waals surface area contributed by atoms with E-state index in [9.17, 15) is 4.39 Å². The molecule has 3 atom stereocenters. The molecule has 1 aliphatic carbocycles. The van der Waals surface area contributed by atoms with Crippen molar-refractivity contribution in [1.29, 1.82) is 0 Å². The van der Waals surface area contributed by atoms with Gasteiger partial charge in [-0.25, -0.2) is 4.39 Å². The minimum Gasteiger partial charge on any atom is -0.271 e. The molecule has 1 aromatic carbocycles. The topological polar surface area (TPSA) is 38.0 Å². The smallest absolute Gasteiger partial charge is 0.137 e. The lowest BCUT2D eigenvalue weighted by atomic mass is 9.91. The molecule has 0 heterocycles. The van der Waals surface area contributed by atoms with Crippen LogP contribution in [-0.2, 0) is 6.42 Å². The molecule has 0 bridgehead atoms. The summed E-state index contributed by atoms with van der Waals surface area (Å²) in [5, 5.41) is 0. The monoisotopic (exact) mass is 328 g/mol. The number of rotatable bonds is 5. The fourth-order valence-electron chi connectivity index (χ4n) is 3.15. The molecule has 0 radical (unpaired) electrons. The molecular weight excluding hydrogens is 307 g/mol. The van der Waals surface area contributed by atoms with E-state index in [1.54, 1.807) is 6.07 Å². The van der Waals surface area contributed by atoms with Crippen LogP contribution < -0.4 is 11.3 Å². The summed E-state index contributed by atoms with van der Waals surface area (Å²) >= 11 is 3.33. The highest BCUT2D eigenvalue weighted by Gasteiger charge is 2.29. The molecule has 1 fully saturated rings. The van der Waals surface area contributed by atoms with Gasteiger partial charge in [-0.3, -0.25) is 11.3 Å². The largest absolute Gasteiger partial charge is 0.271 e. The number of nitrogens with two attached hydrogens (primary N) is 1. The summed E-state index contributed by atoms with van der Waals surface area (Å²) in [7, 11) is 0. The summed E-state index contributed by atoms with van der Waals surface area (Å²) < 4.78 is 14.1. The van der Waals surface area contributed by atoms with Crippen LogP contribution in [0.4, 0.5) is 4.39 Å². The third-order valence-electron chi connectivity index (χ3n) is 4.41. The van der Waals surface area contributed by atoms with Crippen LogP contribution in [-0.4, -0.2) is 6.04 Å². The number of hydrogen-bond acceptors (Lipinski definition) is 2. The van der Waals surface area contributed by atoms with Crippen molar-refractivity contribution in [2.24, 2.45) is 17.7 Å². The van der Waals surface area contributed by atoms with Crippen molar-refractivity contribution >= 4 is 15.9 Å². The fourth-order valence-corrected chi connectivity index (χ4v) is 3.58. The second-order valence-electron chi connectivity index (χ2n) is 5.54. The van der Waals surface area contributed by atoms with Crippen molar-refractivity contribution in [1.82, 2.24) is 5.43 Å². The van der Waals surface area contributed by atoms with Gasteiger partial charge >= 0.3 is 0 Å². The maximum atomic E-state index is 13.5. The summed E-state index contributed by atoms with van der Waals surface area (Å²) in [4.78, 5) is 0. The molecule has 0 spiro atoms. The van der Waals surface area contributed by atoms with Crippen molar-refractivity contribution < 1.29 is 4.39 Å². The van der Waals surface area contributed by atoms with E-state index < -0.39 is 0 Å². The van der Waals surface area contributed by atoms with Crippen molar-refractivity contribution in [3.63, 3.8) is 0 Å². The van der Waals surface area contributed by atoms with Crippen LogP contribution in [0, 0.1) is 17.7 Å². The van der Waals surface area contributed by atoms with Gasteiger partial charge in [0, 0.05) is 6.04 Å². The maximum Gasteiger partial charge on any atom is 0.137 e. The molecule has 0 aliphatic heterocycles. The SMILES string of the molecule is CCC1CCC(C(Cc2cccc(F)c2Br)NN)C1. The summed E-state index contributed by atoms with van der Waals surface area (Å²) in [6, 6.07) is 5.42. The Labute approximate surface area is 123 Å². The van der Waals surface area contributed by atoms with Gasteiger partial charge in [0.2, 0.25) is 0 Å². The molecular formula is C15H22BrFN2. The van der Waals surface area contributed by atoms with E-state index in [4.69, 9.17) is 5.84 Å². The van der Waals surface area contributed by atoms with Crippen LogP contribution in [0.15, 0.2) is 22.7 Å². The van der Waals surface area contributed by atoms with Crippen LogP contribution in [0.1, 0.15) is 38.2 Å². The molecule has 2 nitrogen and oxygen atoms in total. The highest BCUT2D eigenvalue weighted by Crippen LogP contribution is 2.36. The Kier molecular flexibility index (Phi) is 5.37. The van der Waals surface area contributed by atoms with Gasteiger partial charge in [-0.05, 0) is 58.7 Å². The van der Waals surface area contributed by atoms with Crippen LogP contribution in [0.3, 0.4) is 0 Å². The Hall–Kier alpha value is -0.450. The zero-order valence-corrected chi connectivity index (χ0v) is 12.9. The first-order valence-electron chi connectivity index (χ1n) is 7.04. The number of halogens is 2. The molecule has 1 aromatic rings.